The van der Waals surface area contributed by atoms with Crippen molar-refractivity contribution in [2.24, 2.45) is 30.2 Å². The maximum Gasteiger partial charge on any atom is 0.320 e. The minimum atomic E-state index is -1.18. The molecule has 3 aromatic heterocycles. The first-order chi connectivity index (χ1) is 32.0. The second kappa shape index (κ2) is 19.2. The number of aldehydes is 1. The lowest BCUT2D eigenvalue weighted by Crippen LogP contribution is -2.66. The van der Waals surface area contributed by atoms with Gasteiger partial charge in [-0.25, -0.2) is 15.2 Å². The highest BCUT2D eigenvalue weighted by molar-refractivity contribution is 7.10. The lowest BCUT2D eigenvalue weighted by molar-refractivity contribution is -0.147. The number of pyridine rings is 1. The van der Waals surface area contributed by atoms with E-state index in [-0.39, 0.29) is 48.8 Å². The summed E-state index contributed by atoms with van der Waals surface area (Å²) in [5.41, 5.74) is 8.33. The number of carbonyl (C=O) groups is 5. The van der Waals surface area contributed by atoms with Gasteiger partial charge in [-0.3, -0.25) is 24.4 Å². The summed E-state index contributed by atoms with van der Waals surface area (Å²) in [7, 11) is 5.39. The summed E-state index contributed by atoms with van der Waals surface area (Å²) in [6.45, 7) is 16.4. The zero-order valence-electron chi connectivity index (χ0n) is 40.0. The van der Waals surface area contributed by atoms with Gasteiger partial charge in [0, 0.05) is 106 Å². The minimum Gasteiger partial charge on any atom is -0.378 e. The second-order valence-electron chi connectivity index (χ2n) is 20.1. The van der Waals surface area contributed by atoms with E-state index in [1.807, 2.05) is 32.2 Å². The smallest absolute Gasteiger partial charge is 0.320 e. The van der Waals surface area contributed by atoms with Crippen LogP contribution in [-0.2, 0) is 48.5 Å². The molecule has 4 aliphatic rings. The Balaban J connectivity index is 1.13. The van der Waals surface area contributed by atoms with E-state index in [0.717, 1.165) is 51.0 Å². The van der Waals surface area contributed by atoms with Gasteiger partial charge in [0.05, 0.1) is 41.4 Å². The topological polar surface area (TPSA) is 172 Å². The van der Waals surface area contributed by atoms with Gasteiger partial charge in [-0.15, -0.1) is 11.3 Å². The fourth-order valence-electron chi connectivity index (χ4n) is 10.7. The van der Waals surface area contributed by atoms with Gasteiger partial charge in [-0.2, -0.15) is 0 Å². The van der Waals surface area contributed by atoms with Crippen LogP contribution in [0.4, 0.5) is 4.79 Å². The highest BCUT2D eigenvalue weighted by Crippen LogP contribution is 2.42. The third kappa shape index (κ3) is 9.52. The van der Waals surface area contributed by atoms with Gasteiger partial charge in [0.25, 0.3) is 5.91 Å². The average molecular weight is 936 g/mol. The largest absolute Gasteiger partial charge is 0.378 e. The first-order valence-electron chi connectivity index (χ1n) is 23.4. The molecule has 0 saturated carbocycles. The molecule has 3 saturated heterocycles. The van der Waals surface area contributed by atoms with Crippen molar-refractivity contribution >= 4 is 52.3 Å². The number of likely N-dealkylation sites (N-methyl/N-ethyl adjacent to an activating group) is 1. The average Bonchev–Trinajstić information content (AvgIpc) is 4.10. The normalized spacial score (nSPS) is 24.0. The monoisotopic (exact) mass is 935 g/mol. The van der Waals surface area contributed by atoms with E-state index in [1.54, 1.807) is 30.2 Å². The molecule has 1 unspecified atom stereocenters. The molecule has 6 atom stereocenters. The van der Waals surface area contributed by atoms with Crippen molar-refractivity contribution in [2.75, 3.05) is 60.1 Å². The van der Waals surface area contributed by atoms with Crippen molar-refractivity contribution in [3.63, 3.8) is 0 Å². The van der Waals surface area contributed by atoms with Crippen LogP contribution < -0.4 is 10.7 Å². The Hall–Kier alpha value is -5.49. The molecule has 358 valence electrons. The maximum absolute atomic E-state index is 14.8. The molecular weight excluding hydrogens is 871 g/mol. The minimum absolute atomic E-state index is 0.0321. The number of aromatic nitrogens is 3. The first kappa shape index (κ1) is 48.0. The second-order valence-corrected chi connectivity index (χ2v) is 21.0. The van der Waals surface area contributed by atoms with Crippen LogP contribution in [0.15, 0.2) is 54.6 Å². The van der Waals surface area contributed by atoms with Crippen molar-refractivity contribution in [3.8, 4) is 22.5 Å². The van der Waals surface area contributed by atoms with Gasteiger partial charge in [0.15, 0.2) is 0 Å². The number of fused-ring (bicyclic) bond motifs is 7. The van der Waals surface area contributed by atoms with Crippen molar-refractivity contribution in [1.82, 2.24) is 45.0 Å². The van der Waals surface area contributed by atoms with Crippen LogP contribution >= 0.6 is 11.3 Å². The fourth-order valence-corrected chi connectivity index (χ4v) is 11.6. The number of likely N-dealkylation sites (tertiary alicyclic amines) is 2. The Labute approximate surface area is 397 Å². The summed E-state index contributed by atoms with van der Waals surface area (Å²) >= 11 is 1.41. The van der Waals surface area contributed by atoms with Crippen molar-refractivity contribution in [1.29, 1.82) is 0 Å². The van der Waals surface area contributed by atoms with Crippen LogP contribution in [0.2, 0.25) is 0 Å². The summed E-state index contributed by atoms with van der Waals surface area (Å²) in [6, 6.07) is 8.13. The number of nitrogens with one attached hydrogen (secondary N) is 2. The standard InChI is InChI=1S/C50H65N9O7S/c1-10-42(61)57-22-33-24-58(25-34(33)23-57)48(64)56(8)44(30(2)3)46(62)53-38-20-41-52-39(26-67-41)32-14-15-40-36(19-32)37(45(55(40)7)35-13-11-17-51-43(35)31(4)65-9)21-49(5,6)28-66-29-50(27-60)16-12-18-59(54-50)47(38)63/h10-11,13-15,17,19,26-27,30-31,33-34,38,44,54H,1,12,16,18,20-25,28-29H2,2-9H3,(H,53,62)/t31-,33-,34+,38-,44-,50?/m0/s1. The van der Waals surface area contributed by atoms with E-state index in [0.29, 0.717) is 63.6 Å². The summed E-state index contributed by atoms with van der Waals surface area (Å²) in [5.74, 6) is -1.01. The van der Waals surface area contributed by atoms with Gasteiger partial charge in [0.1, 0.15) is 23.9 Å². The predicted molar refractivity (Wildman–Crippen MR) is 257 cm³/mol. The van der Waals surface area contributed by atoms with E-state index in [9.17, 15) is 24.0 Å². The molecule has 0 spiro atoms. The number of rotatable bonds is 9. The summed E-state index contributed by atoms with van der Waals surface area (Å²) in [5, 5.41) is 8.18. The molecule has 17 heteroatoms. The number of benzene rings is 1. The number of ether oxygens (including phenoxy) is 2. The number of aryl methyl sites for hydroxylation is 1. The molecule has 2 N–H and O–H groups in total. The molecule has 7 heterocycles. The molecule has 3 fully saturated rings. The fraction of sp³-hybridized carbons (Fsp3) is 0.540. The van der Waals surface area contributed by atoms with Gasteiger partial charge in [-0.1, -0.05) is 40.3 Å². The Morgan fingerprint density at radius 3 is 2.51 bits per heavy atom. The predicted octanol–water partition coefficient (Wildman–Crippen LogP) is 5.41. The third-order valence-electron chi connectivity index (χ3n) is 14.2. The molecular formula is C50H65N9O7S. The molecule has 16 nitrogen and oxygen atoms in total. The lowest BCUT2D eigenvalue weighted by Gasteiger charge is -2.42. The van der Waals surface area contributed by atoms with Crippen LogP contribution in [0.5, 0.6) is 0 Å². The number of methoxy groups -OCH3 is 1. The third-order valence-corrected chi connectivity index (χ3v) is 15.1. The van der Waals surface area contributed by atoms with Gasteiger partial charge < -0.3 is 38.9 Å². The number of nitrogens with zero attached hydrogens (tertiary/aromatic N) is 7. The molecule has 0 radical (unpaired) electrons. The van der Waals surface area contributed by atoms with E-state index < -0.39 is 34.9 Å². The molecule has 6 bridgehead atoms. The number of amides is 5. The summed E-state index contributed by atoms with van der Waals surface area (Å²) in [4.78, 5) is 83.7. The van der Waals surface area contributed by atoms with Crippen LogP contribution in [0, 0.1) is 23.2 Å². The van der Waals surface area contributed by atoms with Crippen molar-refractivity contribution < 1.29 is 33.4 Å². The van der Waals surface area contributed by atoms with Gasteiger partial charge in [0.2, 0.25) is 11.8 Å². The number of carbonyl (C=O) groups excluding carboxylic acids is 5. The van der Waals surface area contributed by atoms with Crippen LogP contribution in [0.25, 0.3) is 33.4 Å². The van der Waals surface area contributed by atoms with Crippen LogP contribution in [0.3, 0.4) is 0 Å². The Kier molecular flexibility index (Phi) is 13.8. The summed E-state index contributed by atoms with van der Waals surface area (Å²) in [6.07, 6.45) is 5.40. The molecule has 5 amide bonds. The molecule has 4 aromatic rings. The Bertz CT molecular complexity index is 2540. The highest BCUT2D eigenvalue weighted by atomic mass is 32.1. The number of thiazole rings is 1. The van der Waals surface area contributed by atoms with Crippen LogP contribution in [-0.4, -0.2) is 142 Å². The number of hydrogen-bond acceptors (Lipinski definition) is 11. The highest BCUT2D eigenvalue weighted by Gasteiger charge is 2.46. The van der Waals surface area contributed by atoms with E-state index in [4.69, 9.17) is 19.4 Å². The van der Waals surface area contributed by atoms with Crippen molar-refractivity contribution in [2.45, 2.75) is 84.0 Å². The Morgan fingerprint density at radius 2 is 1.82 bits per heavy atom. The maximum atomic E-state index is 14.8. The first-order valence-corrected chi connectivity index (χ1v) is 24.3. The molecule has 8 rings (SSSR count). The van der Waals surface area contributed by atoms with E-state index in [2.05, 4.69) is 67.0 Å². The van der Waals surface area contributed by atoms with E-state index >= 15 is 0 Å². The SMILES string of the molecule is C=CC(=O)N1C[C@@H]2CN(C(=O)N(C)[C@H](C(=O)N[C@H]3Cc4nc(cs4)-c4ccc5c(c4)c(c(-c4cccnc4[C@H](C)OC)n5C)CC(C)(C)COCC4(C=O)CCCN(N4)C3=O)C(C)C)C[C@@H]2C1. The molecule has 4 aliphatic heterocycles. The quantitative estimate of drug-likeness (QED) is 0.163. The molecule has 0 aliphatic carbocycles. The summed E-state index contributed by atoms with van der Waals surface area (Å²) < 4.78 is 14.5. The number of hydrogen-bond donors (Lipinski definition) is 2. The van der Waals surface area contributed by atoms with E-state index in [1.165, 1.54) is 27.3 Å². The Morgan fingerprint density at radius 1 is 1.09 bits per heavy atom. The van der Waals surface area contributed by atoms with Gasteiger partial charge >= 0.3 is 6.03 Å². The molecule has 1 aromatic carbocycles. The number of hydrazine groups is 1. The number of urea groups is 1. The van der Waals surface area contributed by atoms with Crippen LogP contribution in [0.1, 0.15) is 69.8 Å². The lowest BCUT2D eigenvalue weighted by atomic mass is 9.84. The zero-order chi connectivity index (χ0) is 47.9. The van der Waals surface area contributed by atoms with Gasteiger partial charge in [-0.05, 0) is 73.4 Å². The zero-order valence-corrected chi connectivity index (χ0v) is 40.9. The molecule has 67 heavy (non-hydrogen) atoms. The van der Waals surface area contributed by atoms with Crippen molar-refractivity contribution in [3.05, 3.63) is 70.8 Å².